The van der Waals surface area contributed by atoms with Crippen LogP contribution in [0.5, 0.6) is 0 Å². The standard InChI is InChI=1S/C4H8O2.H3N.H3P.H2S/c1-2-6-4-3-5-1;;;/h1-4H2;2*1H3;1H2. The van der Waals surface area contributed by atoms with Crippen LogP contribution in [0.25, 0.3) is 0 Å². The maximum atomic E-state index is 4.94. The molecule has 3 nitrogen and oxygen atoms in total. The van der Waals surface area contributed by atoms with Gasteiger partial charge >= 0.3 is 0 Å². The second-order valence-electron chi connectivity index (χ2n) is 1.22. The van der Waals surface area contributed by atoms with E-state index in [1.807, 2.05) is 0 Å². The zero-order valence-electron chi connectivity index (χ0n) is 5.56. The van der Waals surface area contributed by atoms with E-state index >= 15 is 0 Å². The van der Waals surface area contributed by atoms with Gasteiger partial charge in [0.25, 0.3) is 0 Å². The Kier molecular flexibility index (Phi) is 20.8. The van der Waals surface area contributed by atoms with Gasteiger partial charge in [0, 0.05) is 0 Å². The fourth-order valence-electron chi connectivity index (χ4n) is 0.440. The summed E-state index contributed by atoms with van der Waals surface area (Å²) < 4.78 is 9.89. The first-order chi connectivity index (χ1) is 3.00. The molecule has 0 bridgehead atoms. The molecule has 1 saturated heterocycles. The molecule has 0 saturated carbocycles. The van der Waals surface area contributed by atoms with Gasteiger partial charge in [-0.1, -0.05) is 0 Å². The summed E-state index contributed by atoms with van der Waals surface area (Å²) in [4.78, 5) is 0. The maximum absolute atomic E-state index is 4.94. The Balaban J connectivity index is -0.000000120. The number of rotatable bonds is 0. The highest BCUT2D eigenvalue weighted by molar-refractivity contribution is 7.59. The van der Waals surface area contributed by atoms with Crippen LogP contribution in [0.1, 0.15) is 0 Å². The minimum Gasteiger partial charge on any atom is -0.377 e. The Morgan fingerprint density at radius 1 is 0.778 bits per heavy atom. The van der Waals surface area contributed by atoms with Gasteiger partial charge in [-0.25, -0.2) is 0 Å². The Bertz CT molecular complexity index is 34.0. The minimum absolute atomic E-state index is 0. The zero-order chi connectivity index (χ0) is 4.24. The normalized spacial score (nSPS) is 16.0. The van der Waals surface area contributed by atoms with Crippen molar-refractivity contribution in [2.24, 2.45) is 0 Å². The van der Waals surface area contributed by atoms with E-state index in [0.717, 1.165) is 26.4 Å². The first-order valence-electron chi connectivity index (χ1n) is 2.15. The van der Waals surface area contributed by atoms with Crippen molar-refractivity contribution in [2.45, 2.75) is 0 Å². The third-order valence-corrected chi connectivity index (χ3v) is 0.744. The van der Waals surface area contributed by atoms with Crippen LogP contribution >= 0.6 is 23.4 Å². The monoisotopic (exact) mass is 173 g/mol. The van der Waals surface area contributed by atoms with Crippen molar-refractivity contribution in [1.29, 1.82) is 0 Å². The van der Waals surface area contributed by atoms with Crippen LogP contribution in [0.15, 0.2) is 0 Å². The Morgan fingerprint density at radius 2 is 1.00 bits per heavy atom. The number of hydrogen-bond acceptors (Lipinski definition) is 3. The van der Waals surface area contributed by atoms with Gasteiger partial charge in [-0.2, -0.15) is 23.4 Å². The fourth-order valence-corrected chi connectivity index (χ4v) is 0.440. The highest BCUT2D eigenvalue weighted by atomic mass is 32.1. The molecule has 0 aromatic rings. The van der Waals surface area contributed by atoms with E-state index in [4.69, 9.17) is 9.47 Å². The van der Waals surface area contributed by atoms with E-state index in [1.54, 1.807) is 0 Å². The van der Waals surface area contributed by atoms with E-state index in [1.165, 1.54) is 0 Å². The summed E-state index contributed by atoms with van der Waals surface area (Å²) in [6, 6.07) is 0. The molecule has 1 aliphatic rings. The van der Waals surface area contributed by atoms with Crippen molar-refractivity contribution in [1.82, 2.24) is 6.15 Å². The summed E-state index contributed by atoms with van der Waals surface area (Å²) in [5, 5.41) is 0. The molecule has 0 spiro atoms. The van der Waals surface area contributed by atoms with E-state index < -0.39 is 0 Å². The molecule has 0 radical (unpaired) electrons. The third kappa shape index (κ3) is 8.66. The van der Waals surface area contributed by atoms with Crippen molar-refractivity contribution >= 4 is 23.4 Å². The minimum atomic E-state index is 0. The van der Waals surface area contributed by atoms with Crippen LogP contribution in [0.4, 0.5) is 0 Å². The van der Waals surface area contributed by atoms with Crippen LogP contribution in [-0.4, -0.2) is 26.4 Å². The lowest BCUT2D eigenvalue weighted by Crippen LogP contribution is -2.16. The van der Waals surface area contributed by atoms with Gasteiger partial charge in [-0.15, -0.1) is 0 Å². The van der Waals surface area contributed by atoms with Crippen LogP contribution < -0.4 is 6.15 Å². The lowest BCUT2D eigenvalue weighted by molar-refractivity contribution is -0.0334. The van der Waals surface area contributed by atoms with Gasteiger partial charge in [-0.3, -0.25) is 0 Å². The van der Waals surface area contributed by atoms with Gasteiger partial charge in [0.05, 0.1) is 26.4 Å². The van der Waals surface area contributed by atoms with Crippen LogP contribution in [0.2, 0.25) is 0 Å². The maximum Gasteiger partial charge on any atom is 0.0701 e. The van der Waals surface area contributed by atoms with E-state index in [2.05, 4.69) is 0 Å². The molecule has 5 heteroatoms. The first kappa shape index (κ1) is 16.3. The highest BCUT2D eigenvalue weighted by Gasteiger charge is 1.94. The Morgan fingerprint density at radius 3 is 1.11 bits per heavy atom. The largest absolute Gasteiger partial charge is 0.377 e. The summed E-state index contributed by atoms with van der Waals surface area (Å²) in [7, 11) is 0. The van der Waals surface area contributed by atoms with Crippen molar-refractivity contribution in [3.8, 4) is 0 Å². The predicted molar refractivity (Wildman–Crippen MR) is 48.1 cm³/mol. The number of hydrogen-bond donors (Lipinski definition) is 1. The molecule has 0 amide bonds. The molecule has 3 N–H and O–H groups in total. The first-order valence-corrected chi connectivity index (χ1v) is 2.15. The van der Waals surface area contributed by atoms with Crippen LogP contribution in [-0.2, 0) is 9.47 Å². The molecular weight excluding hydrogens is 157 g/mol. The molecule has 0 aromatic heterocycles. The Hall–Kier alpha value is 0.660. The smallest absolute Gasteiger partial charge is 0.0701 e. The van der Waals surface area contributed by atoms with Gasteiger partial charge in [0.1, 0.15) is 0 Å². The van der Waals surface area contributed by atoms with Gasteiger partial charge in [0.2, 0.25) is 0 Å². The van der Waals surface area contributed by atoms with Crippen molar-refractivity contribution in [3.05, 3.63) is 0 Å². The summed E-state index contributed by atoms with van der Waals surface area (Å²) in [6.45, 7) is 3.11. The SMILES string of the molecule is C1COCCO1.N.P.S. The fraction of sp³-hybridized carbons (Fsp3) is 1.00. The molecule has 1 fully saturated rings. The second-order valence-corrected chi connectivity index (χ2v) is 1.22. The van der Waals surface area contributed by atoms with Crippen molar-refractivity contribution in [2.75, 3.05) is 26.4 Å². The van der Waals surface area contributed by atoms with E-state index in [9.17, 15) is 0 Å². The van der Waals surface area contributed by atoms with Gasteiger partial charge in [-0.05, 0) is 0 Å². The molecule has 1 unspecified atom stereocenters. The lowest BCUT2D eigenvalue weighted by atomic mass is 10.6. The second kappa shape index (κ2) is 11.5. The van der Waals surface area contributed by atoms with Crippen molar-refractivity contribution in [3.63, 3.8) is 0 Å². The third-order valence-electron chi connectivity index (χ3n) is 0.744. The number of ether oxygens (including phenoxy) is 2. The highest BCUT2D eigenvalue weighted by Crippen LogP contribution is 1.85. The average Bonchev–Trinajstić information content (AvgIpc) is 1.72. The van der Waals surface area contributed by atoms with Gasteiger partial charge < -0.3 is 15.6 Å². The zero-order valence-corrected chi connectivity index (χ0v) is 7.97. The summed E-state index contributed by atoms with van der Waals surface area (Å²) >= 11 is 0. The molecule has 0 aliphatic carbocycles. The van der Waals surface area contributed by atoms with Crippen LogP contribution in [0, 0.1) is 0 Å². The molecular formula is C4H16NO2PS. The lowest BCUT2D eigenvalue weighted by Gasteiger charge is -2.09. The molecule has 1 heterocycles. The average molecular weight is 173 g/mol. The predicted octanol–water partition coefficient (Wildman–Crippen LogP) is 0.366. The topological polar surface area (TPSA) is 53.5 Å². The molecule has 60 valence electrons. The molecule has 1 atom stereocenters. The summed E-state index contributed by atoms with van der Waals surface area (Å²) in [5.74, 6) is 0. The van der Waals surface area contributed by atoms with Gasteiger partial charge in [0.15, 0.2) is 0 Å². The summed E-state index contributed by atoms with van der Waals surface area (Å²) in [6.07, 6.45) is 0. The van der Waals surface area contributed by atoms with E-state index in [-0.39, 0.29) is 29.5 Å². The molecule has 9 heavy (non-hydrogen) atoms. The van der Waals surface area contributed by atoms with Crippen LogP contribution in [0.3, 0.4) is 0 Å². The van der Waals surface area contributed by atoms with Crippen molar-refractivity contribution < 1.29 is 9.47 Å². The Labute approximate surface area is 66.1 Å². The molecule has 1 rings (SSSR count). The molecule has 1 aliphatic heterocycles. The quantitative estimate of drug-likeness (QED) is 0.538. The van der Waals surface area contributed by atoms with E-state index in [0.29, 0.717) is 0 Å². The molecule has 0 aromatic carbocycles. The summed E-state index contributed by atoms with van der Waals surface area (Å²) in [5.41, 5.74) is 0.